The summed E-state index contributed by atoms with van der Waals surface area (Å²) in [6.45, 7) is 7.07. The number of nitriles is 1. The van der Waals surface area contributed by atoms with E-state index in [2.05, 4.69) is 16.7 Å². The van der Waals surface area contributed by atoms with Gasteiger partial charge in [-0.25, -0.2) is 4.79 Å². The Morgan fingerprint density at radius 2 is 1.89 bits per heavy atom. The molecule has 192 valence electrons. The third-order valence-electron chi connectivity index (χ3n) is 5.76. The average Bonchev–Trinajstić information content (AvgIpc) is 2.86. The minimum Gasteiger partial charge on any atom is -0.493 e. The molecule has 0 spiro atoms. The Morgan fingerprint density at radius 3 is 2.50 bits per heavy atom. The topological polar surface area (TPSA) is 113 Å². The molecule has 2 N–H and O–H groups in total. The van der Waals surface area contributed by atoms with Gasteiger partial charge in [-0.3, -0.25) is 9.69 Å². The summed E-state index contributed by atoms with van der Waals surface area (Å²) >= 11 is 0. The second-order valence-electron chi connectivity index (χ2n) is 9.57. The number of ether oxygens (including phenoxy) is 3. The van der Waals surface area contributed by atoms with E-state index in [9.17, 15) is 14.9 Å². The molecule has 0 radical (unpaired) electrons. The molecular weight excluding hydrogens is 460 g/mol. The van der Waals surface area contributed by atoms with Crippen LogP contribution in [-0.2, 0) is 11.3 Å². The first kappa shape index (κ1) is 26.8. The van der Waals surface area contributed by atoms with Gasteiger partial charge in [0.25, 0.3) is 5.91 Å². The van der Waals surface area contributed by atoms with E-state index in [1.165, 1.54) is 6.07 Å². The maximum atomic E-state index is 13.4. The SMILES string of the molecule is COc1ccc(CNC(=O)c2cc(C#N)ccc2N(C(=O)OC(C)(C)C)C2CCCNC2)cc1OC. The molecule has 0 aromatic heterocycles. The lowest BCUT2D eigenvalue weighted by Gasteiger charge is -2.36. The molecule has 1 heterocycles. The minimum absolute atomic E-state index is 0.195. The van der Waals surface area contributed by atoms with Crippen LogP contribution in [0, 0.1) is 11.3 Å². The zero-order valence-electron chi connectivity index (χ0n) is 21.5. The summed E-state index contributed by atoms with van der Waals surface area (Å²) in [6, 6.07) is 12.0. The van der Waals surface area contributed by atoms with Crippen molar-refractivity contribution in [1.29, 1.82) is 5.26 Å². The number of anilines is 1. The maximum Gasteiger partial charge on any atom is 0.415 e. The zero-order chi connectivity index (χ0) is 26.3. The Bertz CT molecular complexity index is 1130. The maximum absolute atomic E-state index is 13.4. The van der Waals surface area contributed by atoms with Crippen LogP contribution in [0.4, 0.5) is 10.5 Å². The van der Waals surface area contributed by atoms with E-state index in [0.29, 0.717) is 29.3 Å². The number of benzene rings is 2. The van der Waals surface area contributed by atoms with E-state index in [1.54, 1.807) is 64.2 Å². The van der Waals surface area contributed by atoms with Gasteiger partial charge in [0.15, 0.2) is 11.5 Å². The highest BCUT2D eigenvalue weighted by Gasteiger charge is 2.33. The lowest BCUT2D eigenvalue weighted by Crippen LogP contribution is -2.51. The Morgan fingerprint density at radius 1 is 1.14 bits per heavy atom. The third kappa shape index (κ3) is 6.67. The summed E-state index contributed by atoms with van der Waals surface area (Å²) in [5, 5.41) is 15.7. The van der Waals surface area contributed by atoms with Gasteiger partial charge in [0, 0.05) is 13.1 Å². The average molecular weight is 495 g/mol. The second kappa shape index (κ2) is 11.8. The van der Waals surface area contributed by atoms with Gasteiger partial charge in [-0.05, 0) is 76.1 Å². The largest absolute Gasteiger partial charge is 0.493 e. The first-order valence-electron chi connectivity index (χ1n) is 11.9. The molecule has 0 aliphatic carbocycles. The number of carbonyl (C=O) groups is 2. The molecule has 2 aromatic carbocycles. The number of hydrogen-bond donors (Lipinski definition) is 2. The molecule has 2 amide bonds. The summed E-state index contributed by atoms with van der Waals surface area (Å²) in [4.78, 5) is 28.3. The van der Waals surface area contributed by atoms with E-state index >= 15 is 0 Å². The summed E-state index contributed by atoms with van der Waals surface area (Å²) < 4.78 is 16.3. The normalized spacial score (nSPS) is 15.4. The molecule has 1 aliphatic heterocycles. The number of nitrogens with one attached hydrogen (secondary N) is 2. The van der Waals surface area contributed by atoms with Gasteiger partial charge in [0.1, 0.15) is 5.60 Å². The molecule has 1 aliphatic rings. The summed E-state index contributed by atoms with van der Waals surface area (Å²) in [6.07, 6.45) is 1.12. The van der Waals surface area contributed by atoms with Gasteiger partial charge in [-0.1, -0.05) is 6.07 Å². The van der Waals surface area contributed by atoms with Crippen molar-refractivity contribution < 1.29 is 23.8 Å². The highest BCUT2D eigenvalue weighted by Crippen LogP contribution is 2.30. The van der Waals surface area contributed by atoms with Crippen LogP contribution in [0.3, 0.4) is 0 Å². The third-order valence-corrected chi connectivity index (χ3v) is 5.76. The van der Waals surface area contributed by atoms with E-state index in [4.69, 9.17) is 14.2 Å². The number of piperidine rings is 1. The van der Waals surface area contributed by atoms with Crippen LogP contribution >= 0.6 is 0 Å². The van der Waals surface area contributed by atoms with Crippen molar-refractivity contribution in [3.8, 4) is 17.6 Å². The van der Waals surface area contributed by atoms with Crippen molar-refractivity contribution in [3.05, 3.63) is 53.1 Å². The number of amides is 2. The van der Waals surface area contributed by atoms with Crippen molar-refractivity contribution in [1.82, 2.24) is 10.6 Å². The monoisotopic (exact) mass is 494 g/mol. The van der Waals surface area contributed by atoms with Crippen LogP contribution in [0.5, 0.6) is 11.5 Å². The van der Waals surface area contributed by atoms with Gasteiger partial charge in [-0.2, -0.15) is 5.26 Å². The first-order valence-corrected chi connectivity index (χ1v) is 11.9. The van der Waals surface area contributed by atoms with Gasteiger partial charge < -0.3 is 24.8 Å². The number of hydrogen-bond acceptors (Lipinski definition) is 7. The van der Waals surface area contributed by atoms with Crippen LogP contribution in [0.15, 0.2) is 36.4 Å². The van der Waals surface area contributed by atoms with E-state index in [0.717, 1.165) is 24.9 Å². The molecule has 1 unspecified atom stereocenters. The fourth-order valence-corrected chi connectivity index (χ4v) is 4.07. The van der Waals surface area contributed by atoms with Crippen molar-refractivity contribution in [2.24, 2.45) is 0 Å². The van der Waals surface area contributed by atoms with Crippen molar-refractivity contribution in [2.45, 2.75) is 51.8 Å². The number of methoxy groups -OCH3 is 2. The standard InChI is InChI=1S/C27H34N4O5/c1-27(2,3)36-26(33)31(20-7-6-12-29-17-20)22-10-8-18(15-28)13-21(22)25(32)30-16-19-9-11-23(34-4)24(14-19)35-5/h8-11,13-14,20,29H,6-7,12,16-17H2,1-5H3,(H,30,32). The van der Waals surface area contributed by atoms with Gasteiger partial charge in [0.2, 0.25) is 0 Å². The Balaban J connectivity index is 1.94. The molecule has 1 saturated heterocycles. The highest BCUT2D eigenvalue weighted by molar-refractivity contribution is 6.04. The molecule has 9 heteroatoms. The summed E-state index contributed by atoms with van der Waals surface area (Å²) in [5.41, 5.74) is 1.05. The molecule has 1 atom stereocenters. The van der Waals surface area contributed by atoms with E-state index in [-0.39, 0.29) is 18.2 Å². The summed E-state index contributed by atoms with van der Waals surface area (Å²) in [5.74, 6) is 0.734. The van der Waals surface area contributed by atoms with E-state index in [1.807, 2.05) is 6.07 Å². The smallest absolute Gasteiger partial charge is 0.415 e. The second-order valence-corrected chi connectivity index (χ2v) is 9.57. The van der Waals surface area contributed by atoms with Crippen LogP contribution in [0.25, 0.3) is 0 Å². The highest BCUT2D eigenvalue weighted by atomic mass is 16.6. The first-order chi connectivity index (χ1) is 17.2. The van der Waals surface area contributed by atoms with Crippen molar-refractivity contribution in [2.75, 3.05) is 32.2 Å². The molecule has 36 heavy (non-hydrogen) atoms. The van der Waals surface area contributed by atoms with Crippen LogP contribution in [0.1, 0.15) is 55.1 Å². The van der Waals surface area contributed by atoms with Crippen molar-refractivity contribution in [3.63, 3.8) is 0 Å². The summed E-state index contributed by atoms with van der Waals surface area (Å²) in [7, 11) is 3.10. The van der Waals surface area contributed by atoms with Gasteiger partial charge in [0.05, 0.1) is 43.1 Å². The molecular formula is C27H34N4O5. The fraction of sp³-hybridized carbons (Fsp3) is 0.444. The Labute approximate surface area is 212 Å². The molecule has 3 rings (SSSR count). The Kier molecular flexibility index (Phi) is 8.78. The van der Waals surface area contributed by atoms with Crippen molar-refractivity contribution >= 4 is 17.7 Å². The number of rotatable bonds is 7. The molecule has 1 fully saturated rings. The quantitative estimate of drug-likeness (QED) is 0.598. The van der Waals surface area contributed by atoms with Gasteiger partial charge in [-0.15, -0.1) is 0 Å². The minimum atomic E-state index is -0.708. The van der Waals surface area contributed by atoms with Crippen LogP contribution in [-0.4, -0.2) is 51.0 Å². The molecule has 0 bridgehead atoms. The van der Waals surface area contributed by atoms with Crippen LogP contribution < -0.4 is 25.0 Å². The van der Waals surface area contributed by atoms with E-state index < -0.39 is 17.6 Å². The van der Waals surface area contributed by atoms with Crippen LogP contribution in [0.2, 0.25) is 0 Å². The molecule has 2 aromatic rings. The predicted octanol–water partition coefficient (Wildman–Crippen LogP) is 4.00. The van der Waals surface area contributed by atoms with Gasteiger partial charge >= 0.3 is 6.09 Å². The zero-order valence-corrected chi connectivity index (χ0v) is 21.5. The lowest BCUT2D eigenvalue weighted by atomic mass is 10.0. The fourth-order valence-electron chi connectivity index (χ4n) is 4.07. The lowest BCUT2D eigenvalue weighted by molar-refractivity contribution is 0.0560. The number of nitrogens with zero attached hydrogens (tertiary/aromatic N) is 2. The predicted molar refractivity (Wildman–Crippen MR) is 136 cm³/mol. The molecule has 0 saturated carbocycles. The number of carbonyl (C=O) groups excluding carboxylic acids is 2. The Hall–Kier alpha value is -3.77. The molecule has 9 nitrogen and oxygen atoms in total.